The highest BCUT2D eigenvalue weighted by atomic mass is 14.6. The van der Waals surface area contributed by atoms with Crippen LogP contribution in [0.5, 0.6) is 0 Å². The van der Waals surface area contributed by atoms with Crippen LogP contribution < -0.4 is 5.73 Å². The van der Waals surface area contributed by atoms with Gasteiger partial charge in [-0.25, -0.2) is 0 Å². The Bertz CT molecular complexity index is 270. The molecule has 1 aromatic carbocycles. The molecule has 0 aliphatic rings. The molecular weight excluding hydrogens is 170 g/mol. The Labute approximate surface area is 87.6 Å². The van der Waals surface area contributed by atoms with Crippen LogP contribution in [-0.4, -0.2) is 0 Å². The molecule has 0 atom stereocenters. The van der Waals surface area contributed by atoms with E-state index in [-0.39, 0.29) is 0 Å². The quantitative estimate of drug-likeness (QED) is 0.757. The van der Waals surface area contributed by atoms with Crippen molar-refractivity contribution < 1.29 is 0 Å². The lowest BCUT2D eigenvalue weighted by Gasteiger charge is -2.00. The maximum atomic E-state index is 5.82. The van der Waals surface area contributed by atoms with E-state index in [1.807, 2.05) is 19.9 Å². The Morgan fingerprint density at radius 1 is 1.21 bits per heavy atom. The van der Waals surface area contributed by atoms with Crippen LogP contribution in [-0.2, 0) is 0 Å². The van der Waals surface area contributed by atoms with E-state index in [4.69, 9.17) is 5.73 Å². The highest BCUT2D eigenvalue weighted by Crippen LogP contribution is 2.10. The van der Waals surface area contributed by atoms with Crippen LogP contribution in [0.15, 0.2) is 30.3 Å². The van der Waals surface area contributed by atoms with Crippen molar-refractivity contribution in [2.45, 2.75) is 34.1 Å². The Kier molecular flexibility index (Phi) is 6.55. The molecule has 0 saturated heterocycles. The van der Waals surface area contributed by atoms with Crippen molar-refractivity contribution in [3.05, 3.63) is 41.5 Å². The van der Waals surface area contributed by atoms with Crippen molar-refractivity contribution in [1.82, 2.24) is 0 Å². The summed E-state index contributed by atoms with van der Waals surface area (Å²) in [5.41, 5.74) is 9.07. The number of aryl methyl sites for hydroxylation is 1. The topological polar surface area (TPSA) is 26.0 Å². The second kappa shape index (κ2) is 7.19. The number of nitrogens with two attached hydrogens (primary N) is 1. The zero-order valence-corrected chi connectivity index (χ0v) is 9.67. The first kappa shape index (κ1) is 12.8. The maximum Gasteiger partial charge on any atom is 0.0346 e. The second-order valence-electron chi connectivity index (χ2n) is 2.93. The summed E-state index contributed by atoms with van der Waals surface area (Å²) in [7, 11) is 0. The van der Waals surface area contributed by atoms with E-state index >= 15 is 0 Å². The first-order chi connectivity index (χ1) is 6.74. The summed E-state index contributed by atoms with van der Waals surface area (Å²) in [6, 6.07) is 8.25. The van der Waals surface area contributed by atoms with E-state index in [1.54, 1.807) is 0 Å². The van der Waals surface area contributed by atoms with Crippen molar-refractivity contribution in [1.29, 1.82) is 0 Å². The summed E-state index contributed by atoms with van der Waals surface area (Å²) >= 11 is 0. The van der Waals surface area contributed by atoms with Gasteiger partial charge in [0.25, 0.3) is 0 Å². The van der Waals surface area contributed by atoms with Crippen LogP contribution in [0.1, 0.15) is 38.3 Å². The Morgan fingerprint density at radius 2 is 1.71 bits per heavy atom. The van der Waals surface area contributed by atoms with E-state index in [2.05, 4.69) is 38.1 Å². The zero-order valence-electron chi connectivity index (χ0n) is 9.67. The maximum absolute atomic E-state index is 5.82. The normalized spacial score (nSPS) is 10.4. The number of rotatable bonds is 2. The van der Waals surface area contributed by atoms with Gasteiger partial charge in [0.05, 0.1) is 0 Å². The van der Waals surface area contributed by atoms with E-state index in [0.29, 0.717) is 0 Å². The molecule has 0 fully saturated rings. The van der Waals surface area contributed by atoms with Gasteiger partial charge in [0.2, 0.25) is 0 Å². The van der Waals surface area contributed by atoms with Gasteiger partial charge in [-0.1, -0.05) is 56.7 Å². The average Bonchev–Trinajstić information content (AvgIpc) is 2.22. The minimum Gasteiger partial charge on any atom is -0.399 e. The molecule has 0 unspecified atom stereocenters. The molecule has 0 spiro atoms. The van der Waals surface area contributed by atoms with Crippen LogP contribution in [0.3, 0.4) is 0 Å². The van der Waals surface area contributed by atoms with Crippen LogP contribution in [0.2, 0.25) is 0 Å². The molecule has 1 rings (SSSR count). The molecule has 0 aliphatic carbocycles. The van der Waals surface area contributed by atoms with Crippen LogP contribution in [0.4, 0.5) is 0 Å². The van der Waals surface area contributed by atoms with Crippen LogP contribution >= 0.6 is 0 Å². The van der Waals surface area contributed by atoms with Gasteiger partial charge in [-0.05, 0) is 18.9 Å². The smallest absolute Gasteiger partial charge is 0.0346 e. The van der Waals surface area contributed by atoms with Crippen molar-refractivity contribution in [3.63, 3.8) is 0 Å². The number of hydrogen-bond acceptors (Lipinski definition) is 1. The number of hydrogen-bond donors (Lipinski definition) is 1. The zero-order chi connectivity index (χ0) is 11.0. The number of allylic oxidation sites excluding steroid dienone is 1. The minimum atomic E-state index is 0.873. The third-order valence-corrected chi connectivity index (χ3v) is 1.81. The van der Waals surface area contributed by atoms with Crippen LogP contribution in [0.25, 0.3) is 5.70 Å². The highest BCUT2D eigenvalue weighted by molar-refractivity contribution is 5.62. The van der Waals surface area contributed by atoms with Crippen LogP contribution in [0, 0.1) is 6.92 Å². The summed E-state index contributed by atoms with van der Waals surface area (Å²) in [4.78, 5) is 0. The van der Waals surface area contributed by atoms with Gasteiger partial charge in [-0.15, -0.1) is 0 Å². The Morgan fingerprint density at radius 3 is 2.14 bits per heavy atom. The Hall–Kier alpha value is -1.24. The molecule has 0 saturated carbocycles. The minimum absolute atomic E-state index is 0.873. The van der Waals surface area contributed by atoms with Gasteiger partial charge in [-0.2, -0.15) is 0 Å². The first-order valence-corrected chi connectivity index (χ1v) is 5.26. The summed E-state index contributed by atoms with van der Waals surface area (Å²) in [5.74, 6) is 0. The van der Waals surface area contributed by atoms with Gasteiger partial charge < -0.3 is 5.73 Å². The third kappa shape index (κ3) is 4.13. The third-order valence-electron chi connectivity index (χ3n) is 1.81. The monoisotopic (exact) mass is 191 g/mol. The summed E-state index contributed by atoms with van der Waals surface area (Å²) in [6.45, 7) is 8.16. The summed E-state index contributed by atoms with van der Waals surface area (Å²) in [5, 5.41) is 0. The average molecular weight is 191 g/mol. The van der Waals surface area contributed by atoms with Gasteiger partial charge >= 0.3 is 0 Å². The SMILES string of the molecule is CC.CC/C=C(\N)c1ccc(C)cc1. The molecule has 1 heteroatoms. The highest BCUT2D eigenvalue weighted by Gasteiger charge is 1.93. The lowest BCUT2D eigenvalue weighted by Crippen LogP contribution is -1.95. The molecule has 78 valence electrons. The predicted octanol–water partition coefficient (Wildman–Crippen LogP) is 3.73. The summed E-state index contributed by atoms with van der Waals surface area (Å²) in [6.07, 6.45) is 3.02. The van der Waals surface area contributed by atoms with E-state index in [9.17, 15) is 0 Å². The van der Waals surface area contributed by atoms with Crippen molar-refractivity contribution in [3.8, 4) is 0 Å². The molecule has 14 heavy (non-hydrogen) atoms. The van der Waals surface area contributed by atoms with E-state index < -0.39 is 0 Å². The van der Waals surface area contributed by atoms with E-state index in [1.165, 1.54) is 5.56 Å². The molecule has 0 aliphatic heterocycles. The van der Waals surface area contributed by atoms with Gasteiger partial charge in [0.15, 0.2) is 0 Å². The molecule has 1 nitrogen and oxygen atoms in total. The lowest BCUT2D eigenvalue weighted by molar-refractivity contribution is 1.22. The molecule has 0 bridgehead atoms. The molecule has 0 amide bonds. The van der Waals surface area contributed by atoms with Gasteiger partial charge in [-0.3, -0.25) is 0 Å². The fourth-order valence-corrected chi connectivity index (χ4v) is 1.08. The van der Waals surface area contributed by atoms with Gasteiger partial charge in [0.1, 0.15) is 0 Å². The molecule has 0 aromatic heterocycles. The van der Waals surface area contributed by atoms with Crippen molar-refractivity contribution >= 4 is 5.70 Å². The molecule has 2 N–H and O–H groups in total. The van der Waals surface area contributed by atoms with E-state index in [0.717, 1.165) is 17.7 Å². The molecule has 0 heterocycles. The molecule has 1 aromatic rings. The predicted molar refractivity (Wildman–Crippen MR) is 65.0 cm³/mol. The largest absolute Gasteiger partial charge is 0.399 e. The van der Waals surface area contributed by atoms with Crippen molar-refractivity contribution in [2.24, 2.45) is 5.73 Å². The molecule has 0 radical (unpaired) electrons. The lowest BCUT2D eigenvalue weighted by atomic mass is 10.1. The fraction of sp³-hybridized carbons (Fsp3) is 0.385. The summed E-state index contributed by atoms with van der Waals surface area (Å²) < 4.78 is 0. The van der Waals surface area contributed by atoms with Gasteiger partial charge in [0, 0.05) is 5.70 Å². The fourth-order valence-electron chi connectivity index (χ4n) is 1.08. The van der Waals surface area contributed by atoms with Crippen molar-refractivity contribution in [2.75, 3.05) is 0 Å². The number of benzene rings is 1. The first-order valence-electron chi connectivity index (χ1n) is 5.26. The Balaban J connectivity index is 0.000000791. The molecular formula is C13H21N. The second-order valence-corrected chi connectivity index (χ2v) is 2.93. The standard InChI is InChI=1S/C11H15N.C2H6/c1-3-4-11(12)10-7-5-9(2)6-8-10;1-2/h4-8H,3,12H2,1-2H3;1-2H3/b11-4-;.